The van der Waals surface area contributed by atoms with E-state index in [0.717, 1.165) is 12.3 Å². The Kier molecular flexibility index (Phi) is 5.41. The van der Waals surface area contributed by atoms with E-state index in [0.29, 0.717) is 18.6 Å². The summed E-state index contributed by atoms with van der Waals surface area (Å²) in [6, 6.07) is 11.3. The molecule has 2 rings (SSSR count). The molecule has 3 atom stereocenters. The number of aliphatic hydroxyl groups is 1. The molecule has 0 saturated carbocycles. The van der Waals surface area contributed by atoms with E-state index >= 15 is 0 Å². The Morgan fingerprint density at radius 1 is 1.26 bits per heavy atom. The third kappa shape index (κ3) is 4.05. The van der Waals surface area contributed by atoms with Crippen molar-refractivity contribution in [2.45, 2.75) is 39.2 Å². The second-order valence-corrected chi connectivity index (χ2v) is 6.09. The van der Waals surface area contributed by atoms with Crippen molar-refractivity contribution in [1.82, 2.24) is 4.90 Å². The summed E-state index contributed by atoms with van der Waals surface area (Å²) in [5.41, 5.74) is 1.42. The molecule has 1 N–H and O–H groups in total. The smallest absolute Gasteiger partial charge is 0.0433 e. The number of hydrogen-bond donors (Lipinski definition) is 1. The van der Waals surface area contributed by atoms with Crippen LogP contribution in [0.4, 0.5) is 0 Å². The molecule has 1 aliphatic heterocycles. The molecule has 1 aromatic carbocycles. The summed E-state index contributed by atoms with van der Waals surface area (Å²) < 4.78 is 0. The first kappa shape index (κ1) is 14.5. The largest absolute Gasteiger partial charge is 0.396 e. The predicted octanol–water partition coefficient (Wildman–Crippen LogP) is 3.48. The van der Waals surface area contributed by atoms with Crippen molar-refractivity contribution >= 4 is 0 Å². The Labute approximate surface area is 117 Å². The maximum Gasteiger partial charge on any atom is 0.0433 e. The van der Waals surface area contributed by atoms with Gasteiger partial charge in [0.05, 0.1) is 0 Å². The van der Waals surface area contributed by atoms with Crippen LogP contribution in [0.15, 0.2) is 30.3 Å². The number of hydrogen-bond acceptors (Lipinski definition) is 2. The van der Waals surface area contributed by atoms with E-state index in [-0.39, 0.29) is 0 Å². The van der Waals surface area contributed by atoms with Gasteiger partial charge in [-0.3, -0.25) is 4.90 Å². The maximum atomic E-state index is 8.99. The molecule has 0 aromatic heterocycles. The molecule has 0 aliphatic carbocycles. The van der Waals surface area contributed by atoms with Crippen molar-refractivity contribution in [3.05, 3.63) is 35.9 Å². The Bertz CT molecular complexity index is 365. The van der Waals surface area contributed by atoms with Crippen molar-refractivity contribution in [1.29, 1.82) is 0 Å². The molecule has 0 spiro atoms. The molecule has 19 heavy (non-hydrogen) atoms. The van der Waals surface area contributed by atoms with Crippen molar-refractivity contribution in [2.24, 2.45) is 11.8 Å². The number of nitrogens with zero attached hydrogens (tertiary/aromatic N) is 1. The van der Waals surface area contributed by atoms with Crippen LogP contribution in [0.1, 0.15) is 44.7 Å². The van der Waals surface area contributed by atoms with Gasteiger partial charge >= 0.3 is 0 Å². The van der Waals surface area contributed by atoms with Gasteiger partial charge in [0.2, 0.25) is 0 Å². The number of rotatable bonds is 6. The monoisotopic (exact) mass is 261 g/mol. The summed E-state index contributed by atoms with van der Waals surface area (Å²) in [6.07, 6.45) is 3.52. The summed E-state index contributed by atoms with van der Waals surface area (Å²) in [5, 5.41) is 8.99. The van der Waals surface area contributed by atoms with Gasteiger partial charge in [-0.15, -0.1) is 0 Å². The topological polar surface area (TPSA) is 23.5 Å². The lowest BCUT2D eigenvalue weighted by molar-refractivity contribution is 0.229. The second-order valence-electron chi connectivity index (χ2n) is 6.09. The summed E-state index contributed by atoms with van der Waals surface area (Å²) in [5.74, 6) is 1.47. The van der Waals surface area contributed by atoms with Crippen LogP contribution in [-0.4, -0.2) is 29.7 Å². The molecule has 1 fully saturated rings. The van der Waals surface area contributed by atoms with E-state index in [2.05, 4.69) is 49.1 Å². The Hall–Kier alpha value is -0.860. The van der Waals surface area contributed by atoms with Crippen LogP contribution < -0.4 is 0 Å². The lowest BCUT2D eigenvalue weighted by atomic mass is 9.93. The first-order valence-corrected chi connectivity index (χ1v) is 7.60. The fraction of sp³-hybridized carbons (Fsp3) is 0.647. The number of likely N-dealkylation sites (tertiary alicyclic amines) is 1. The SMILES string of the molecule is CC(CCO)C[C@H]1CCN([C@@H](C)c2ccccc2)C1. The van der Waals surface area contributed by atoms with Gasteiger partial charge < -0.3 is 5.11 Å². The average Bonchev–Trinajstić information content (AvgIpc) is 2.87. The minimum atomic E-state index is 0.331. The molecule has 1 aromatic rings. The lowest BCUT2D eigenvalue weighted by Crippen LogP contribution is -2.24. The lowest BCUT2D eigenvalue weighted by Gasteiger charge is -2.25. The molecule has 1 heterocycles. The van der Waals surface area contributed by atoms with E-state index in [4.69, 9.17) is 5.11 Å². The highest BCUT2D eigenvalue weighted by atomic mass is 16.3. The van der Waals surface area contributed by atoms with Crippen molar-refractivity contribution in [3.63, 3.8) is 0 Å². The zero-order valence-corrected chi connectivity index (χ0v) is 12.3. The molecule has 0 bridgehead atoms. The molecule has 0 radical (unpaired) electrons. The van der Waals surface area contributed by atoms with Crippen LogP contribution >= 0.6 is 0 Å². The van der Waals surface area contributed by atoms with E-state index < -0.39 is 0 Å². The first-order valence-electron chi connectivity index (χ1n) is 7.60. The molecule has 1 unspecified atom stereocenters. The summed E-state index contributed by atoms with van der Waals surface area (Å²) in [4.78, 5) is 2.60. The van der Waals surface area contributed by atoms with Crippen LogP contribution in [0.5, 0.6) is 0 Å². The standard InChI is InChI=1S/C17H27NO/c1-14(9-11-19)12-16-8-10-18(13-16)15(2)17-6-4-3-5-7-17/h3-7,14-16,19H,8-13H2,1-2H3/t14?,15-,16+/m0/s1. The quantitative estimate of drug-likeness (QED) is 0.847. The van der Waals surface area contributed by atoms with E-state index in [9.17, 15) is 0 Å². The summed E-state index contributed by atoms with van der Waals surface area (Å²) in [6.45, 7) is 7.34. The van der Waals surface area contributed by atoms with Crippen LogP contribution in [0.3, 0.4) is 0 Å². The summed E-state index contributed by atoms with van der Waals surface area (Å²) >= 11 is 0. The third-order valence-corrected chi connectivity index (χ3v) is 4.50. The van der Waals surface area contributed by atoms with E-state index in [1.54, 1.807) is 0 Å². The minimum absolute atomic E-state index is 0.331. The first-order chi connectivity index (χ1) is 9.20. The Morgan fingerprint density at radius 3 is 2.68 bits per heavy atom. The fourth-order valence-electron chi connectivity index (χ4n) is 3.26. The molecule has 0 amide bonds. The third-order valence-electron chi connectivity index (χ3n) is 4.50. The molecule has 1 saturated heterocycles. The molecule has 1 aliphatic rings. The zero-order valence-electron chi connectivity index (χ0n) is 12.3. The molecule has 2 nitrogen and oxygen atoms in total. The highest BCUT2D eigenvalue weighted by Gasteiger charge is 2.27. The van der Waals surface area contributed by atoms with Crippen LogP contribution in [0.25, 0.3) is 0 Å². The van der Waals surface area contributed by atoms with E-state index in [1.165, 1.54) is 31.5 Å². The highest BCUT2D eigenvalue weighted by molar-refractivity contribution is 5.18. The normalized spacial score (nSPS) is 23.4. The second kappa shape index (κ2) is 7.06. The molecule has 106 valence electrons. The Morgan fingerprint density at radius 2 is 2.00 bits per heavy atom. The average molecular weight is 261 g/mol. The Balaban J connectivity index is 1.84. The van der Waals surface area contributed by atoms with Gasteiger partial charge in [-0.05, 0) is 50.1 Å². The van der Waals surface area contributed by atoms with E-state index in [1.807, 2.05) is 0 Å². The van der Waals surface area contributed by atoms with Gasteiger partial charge in [0, 0.05) is 19.2 Å². The minimum Gasteiger partial charge on any atom is -0.396 e. The van der Waals surface area contributed by atoms with Crippen LogP contribution in [-0.2, 0) is 0 Å². The van der Waals surface area contributed by atoms with Crippen molar-refractivity contribution in [3.8, 4) is 0 Å². The van der Waals surface area contributed by atoms with Crippen molar-refractivity contribution in [2.75, 3.05) is 19.7 Å². The van der Waals surface area contributed by atoms with Crippen LogP contribution in [0.2, 0.25) is 0 Å². The van der Waals surface area contributed by atoms with Gasteiger partial charge in [0.25, 0.3) is 0 Å². The van der Waals surface area contributed by atoms with Crippen molar-refractivity contribution < 1.29 is 5.11 Å². The maximum absolute atomic E-state index is 8.99. The summed E-state index contributed by atoms with van der Waals surface area (Å²) in [7, 11) is 0. The van der Waals surface area contributed by atoms with Gasteiger partial charge in [-0.2, -0.15) is 0 Å². The van der Waals surface area contributed by atoms with Gasteiger partial charge in [-0.25, -0.2) is 0 Å². The molecular formula is C17H27NO. The predicted molar refractivity (Wildman–Crippen MR) is 80.0 cm³/mol. The zero-order chi connectivity index (χ0) is 13.7. The highest BCUT2D eigenvalue weighted by Crippen LogP contribution is 2.30. The number of aliphatic hydroxyl groups excluding tert-OH is 1. The fourth-order valence-corrected chi connectivity index (χ4v) is 3.26. The number of benzene rings is 1. The van der Waals surface area contributed by atoms with Gasteiger partial charge in [0.15, 0.2) is 0 Å². The van der Waals surface area contributed by atoms with Gasteiger partial charge in [-0.1, -0.05) is 37.3 Å². The molecular weight excluding hydrogens is 234 g/mol. The van der Waals surface area contributed by atoms with Gasteiger partial charge in [0.1, 0.15) is 0 Å². The van der Waals surface area contributed by atoms with Crippen LogP contribution in [0, 0.1) is 11.8 Å². The molecule has 2 heteroatoms.